The van der Waals surface area contributed by atoms with Crippen molar-refractivity contribution < 1.29 is 9.63 Å². The summed E-state index contributed by atoms with van der Waals surface area (Å²) in [5.41, 5.74) is 2.31. The molecule has 5 heteroatoms. The number of rotatable bonds is 3. The summed E-state index contributed by atoms with van der Waals surface area (Å²) < 4.78 is 0. The SMILES string of the molecule is CON(C)C(=O)c1ccc2nc(C(C)C)[nH]c2c1. The number of nitrogens with zero attached hydrogens (tertiary/aromatic N) is 2. The molecule has 18 heavy (non-hydrogen) atoms. The van der Waals surface area contributed by atoms with Crippen LogP contribution in [0.25, 0.3) is 11.0 Å². The van der Waals surface area contributed by atoms with E-state index in [9.17, 15) is 4.79 Å². The number of amides is 1. The van der Waals surface area contributed by atoms with E-state index in [2.05, 4.69) is 23.8 Å². The van der Waals surface area contributed by atoms with Gasteiger partial charge in [0.05, 0.1) is 18.1 Å². The van der Waals surface area contributed by atoms with E-state index in [4.69, 9.17) is 4.84 Å². The second kappa shape index (κ2) is 4.78. The number of hydrogen-bond acceptors (Lipinski definition) is 3. The van der Waals surface area contributed by atoms with Gasteiger partial charge in [-0.2, -0.15) is 0 Å². The second-order valence-corrected chi connectivity index (χ2v) is 4.49. The Morgan fingerprint density at radius 2 is 2.17 bits per heavy atom. The topological polar surface area (TPSA) is 58.2 Å². The van der Waals surface area contributed by atoms with E-state index in [-0.39, 0.29) is 5.91 Å². The summed E-state index contributed by atoms with van der Waals surface area (Å²) in [6, 6.07) is 5.39. The minimum Gasteiger partial charge on any atom is -0.342 e. The number of aromatic amines is 1. The van der Waals surface area contributed by atoms with Gasteiger partial charge in [0, 0.05) is 18.5 Å². The number of aromatic nitrogens is 2. The zero-order valence-corrected chi connectivity index (χ0v) is 11.0. The highest BCUT2D eigenvalue weighted by atomic mass is 16.7. The molecule has 1 aromatic carbocycles. The van der Waals surface area contributed by atoms with Crippen LogP contribution in [0.2, 0.25) is 0 Å². The van der Waals surface area contributed by atoms with Crippen molar-refractivity contribution >= 4 is 16.9 Å². The molecule has 2 rings (SSSR count). The summed E-state index contributed by atoms with van der Waals surface area (Å²) in [5.74, 6) is 1.08. The monoisotopic (exact) mass is 247 g/mol. The van der Waals surface area contributed by atoms with Crippen LogP contribution in [0.1, 0.15) is 35.9 Å². The molecule has 0 atom stereocenters. The Morgan fingerprint density at radius 3 is 2.78 bits per heavy atom. The van der Waals surface area contributed by atoms with Crippen molar-refractivity contribution in [3.63, 3.8) is 0 Å². The molecule has 0 fully saturated rings. The Bertz CT molecular complexity index is 575. The number of carbonyl (C=O) groups is 1. The minimum absolute atomic E-state index is 0.180. The molecule has 1 aromatic heterocycles. The average molecular weight is 247 g/mol. The van der Waals surface area contributed by atoms with Crippen LogP contribution < -0.4 is 0 Å². The first-order valence-corrected chi connectivity index (χ1v) is 5.84. The number of benzene rings is 1. The third kappa shape index (κ3) is 2.22. The smallest absolute Gasteiger partial charge is 0.277 e. The number of hydrogen-bond donors (Lipinski definition) is 1. The van der Waals surface area contributed by atoms with Crippen LogP contribution in [0, 0.1) is 0 Å². The third-order valence-corrected chi connectivity index (χ3v) is 2.85. The third-order valence-electron chi connectivity index (χ3n) is 2.85. The van der Waals surface area contributed by atoms with Gasteiger partial charge in [0.2, 0.25) is 0 Å². The van der Waals surface area contributed by atoms with Crippen LogP contribution in [0.15, 0.2) is 18.2 Å². The lowest BCUT2D eigenvalue weighted by Crippen LogP contribution is -2.25. The zero-order chi connectivity index (χ0) is 13.3. The molecule has 2 aromatic rings. The molecule has 1 N–H and O–H groups in total. The predicted octanol–water partition coefficient (Wildman–Crippen LogP) is 2.32. The summed E-state index contributed by atoms with van der Waals surface area (Å²) >= 11 is 0. The highest BCUT2D eigenvalue weighted by Crippen LogP contribution is 2.18. The molecule has 0 spiro atoms. The number of carbonyl (C=O) groups excluding carboxylic acids is 1. The van der Waals surface area contributed by atoms with Crippen LogP contribution >= 0.6 is 0 Å². The Balaban J connectivity index is 2.41. The van der Waals surface area contributed by atoms with E-state index in [1.54, 1.807) is 19.2 Å². The van der Waals surface area contributed by atoms with Crippen molar-refractivity contribution in [1.29, 1.82) is 0 Å². The van der Waals surface area contributed by atoms with Gasteiger partial charge in [-0.25, -0.2) is 10.0 Å². The largest absolute Gasteiger partial charge is 0.342 e. The lowest BCUT2D eigenvalue weighted by Gasteiger charge is -2.13. The van der Waals surface area contributed by atoms with Gasteiger partial charge < -0.3 is 4.98 Å². The highest BCUT2D eigenvalue weighted by molar-refractivity contribution is 5.96. The van der Waals surface area contributed by atoms with E-state index in [1.807, 2.05) is 6.07 Å². The van der Waals surface area contributed by atoms with Crippen LogP contribution in [0.5, 0.6) is 0 Å². The summed E-state index contributed by atoms with van der Waals surface area (Å²) in [6.07, 6.45) is 0. The minimum atomic E-state index is -0.180. The first-order chi connectivity index (χ1) is 8.52. The van der Waals surface area contributed by atoms with Gasteiger partial charge in [-0.1, -0.05) is 13.8 Å². The van der Waals surface area contributed by atoms with Gasteiger partial charge in [0.25, 0.3) is 5.91 Å². The summed E-state index contributed by atoms with van der Waals surface area (Å²) in [5, 5.41) is 1.20. The lowest BCUT2D eigenvalue weighted by atomic mass is 10.2. The maximum Gasteiger partial charge on any atom is 0.277 e. The van der Waals surface area contributed by atoms with Crippen LogP contribution in [0.3, 0.4) is 0 Å². The van der Waals surface area contributed by atoms with Gasteiger partial charge in [-0.15, -0.1) is 0 Å². The number of nitrogens with one attached hydrogen (secondary N) is 1. The Hall–Kier alpha value is -1.88. The van der Waals surface area contributed by atoms with Crippen molar-refractivity contribution in [3.05, 3.63) is 29.6 Å². The molecule has 1 amide bonds. The molecule has 0 saturated heterocycles. The lowest BCUT2D eigenvalue weighted by molar-refractivity contribution is -0.0756. The van der Waals surface area contributed by atoms with Gasteiger partial charge in [0.1, 0.15) is 5.82 Å². The van der Waals surface area contributed by atoms with Crippen LogP contribution in [-0.4, -0.2) is 35.1 Å². The molecule has 0 bridgehead atoms. The number of H-pyrrole nitrogens is 1. The Kier molecular flexibility index (Phi) is 3.34. The van der Waals surface area contributed by atoms with Crippen molar-refractivity contribution in [1.82, 2.24) is 15.0 Å². The summed E-state index contributed by atoms with van der Waals surface area (Å²) in [7, 11) is 3.04. The maximum atomic E-state index is 11.9. The summed E-state index contributed by atoms with van der Waals surface area (Å²) in [4.78, 5) is 24.5. The van der Waals surface area contributed by atoms with E-state index in [0.29, 0.717) is 11.5 Å². The number of hydroxylamine groups is 2. The van der Waals surface area contributed by atoms with E-state index < -0.39 is 0 Å². The van der Waals surface area contributed by atoms with E-state index >= 15 is 0 Å². The molecule has 0 saturated carbocycles. The molecule has 0 aliphatic heterocycles. The Morgan fingerprint density at radius 1 is 1.44 bits per heavy atom. The van der Waals surface area contributed by atoms with Crippen molar-refractivity contribution in [2.45, 2.75) is 19.8 Å². The van der Waals surface area contributed by atoms with Crippen molar-refractivity contribution in [2.75, 3.05) is 14.2 Å². The highest BCUT2D eigenvalue weighted by Gasteiger charge is 2.13. The predicted molar refractivity (Wildman–Crippen MR) is 69.3 cm³/mol. The molecule has 0 radical (unpaired) electrons. The number of imidazole rings is 1. The average Bonchev–Trinajstić information content (AvgIpc) is 2.79. The second-order valence-electron chi connectivity index (χ2n) is 4.49. The molecular formula is C13H17N3O2. The fourth-order valence-corrected chi connectivity index (χ4v) is 1.70. The molecule has 0 aliphatic carbocycles. The van der Waals surface area contributed by atoms with Gasteiger partial charge in [0.15, 0.2) is 0 Å². The van der Waals surface area contributed by atoms with Gasteiger partial charge >= 0.3 is 0 Å². The fourth-order valence-electron chi connectivity index (χ4n) is 1.70. The van der Waals surface area contributed by atoms with Gasteiger partial charge in [-0.3, -0.25) is 9.63 Å². The number of fused-ring (bicyclic) bond motifs is 1. The summed E-state index contributed by atoms with van der Waals surface area (Å²) in [6.45, 7) is 4.14. The quantitative estimate of drug-likeness (QED) is 0.847. The van der Waals surface area contributed by atoms with Crippen LogP contribution in [-0.2, 0) is 4.84 Å². The molecule has 5 nitrogen and oxygen atoms in total. The molecule has 0 unspecified atom stereocenters. The van der Waals surface area contributed by atoms with Crippen molar-refractivity contribution in [3.8, 4) is 0 Å². The molecule has 0 aliphatic rings. The van der Waals surface area contributed by atoms with E-state index in [1.165, 1.54) is 12.2 Å². The Labute approximate surface area is 106 Å². The van der Waals surface area contributed by atoms with Gasteiger partial charge in [-0.05, 0) is 18.2 Å². The first kappa shape index (κ1) is 12.6. The normalized spacial score (nSPS) is 11.2. The molecule has 1 heterocycles. The standard InChI is InChI=1S/C13H17N3O2/c1-8(2)12-14-10-6-5-9(7-11(10)15-12)13(17)16(3)18-4/h5-8H,1-4H3,(H,14,15). The van der Waals surface area contributed by atoms with E-state index in [0.717, 1.165) is 16.9 Å². The molecule has 96 valence electrons. The maximum absolute atomic E-state index is 11.9. The zero-order valence-electron chi connectivity index (χ0n) is 11.0. The van der Waals surface area contributed by atoms with Crippen LogP contribution in [0.4, 0.5) is 0 Å². The first-order valence-electron chi connectivity index (χ1n) is 5.84. The fraction of sp³-hybridized carbons (Fsp3) is 0.385. The molecular weight excluding hydrogens is 230 g/mol. The van der Waals surface area contributed by atoms with Crippen molar-refractivity contribution in [2.24, 2.45) is 0 Å².